The number of rotatable bonds is 9. The molecule has 2 aliphatic heterocycles. The highest BCUT2D eigenvalue weighted by atomic mass is 19.3. The van der Waals surface area contributed by atoms with Crippen molar-refractivity contribution in [1.82, 2.24) is 15.1 Å². The topological polar surface area (TPSA) is 126 Å². The van der Waals surface area contributed by atoms with Gasteiger partial charge >= 0.3 is 13.2 Å². The lowest BCUT2D eigenvalue weighted by atomic mass is 9.76. The second kappa shape index (κ2) is 12.4. The number of likely N-dealkylation sites (tertiary alicyclic amines) is 2. The van der Waals surface area contributed by atoms with E-state index in [1.807, 2.05) is 0 Å². The molecule has 2 saturated heterocycles. The average Bonchev–Trinajstić information content (AvgIpc) is 3.43. The van der Waals surface area contributed by atoms with Crippen molar-refractivity contribution < 1.29 is 41.9 Å². The first-order chi connectivity index (χ1) is 18.2. The summed E-state index contributed by atoms with van der Waals surface area (Å²) in [7, 11) is -1.97. The lowest BCUT2D eigenvalue weighted by molar-refractivity contribution is -0.128. The molecule has 0 aromatic heterocycles. The summed E-state index contributed by atoms with van der Waals surface area (Å²) in [5.74, 6) is -5.37. The van der Waals surface area contributed by atoms with E-state index in [1.165, 1.54) is 35.2 Å². The number of alkyl carbamates (subject to hydrolysis) is 1. The third kappa shape index (κ3) is 8.17. The third-order valence-electron chi connectivity index (χ3n) is 6.90. The fourth-order valence-corrected chi connectivity index (χ4v) is 4.71. The van der Waals surface area contributed by atoms with Gasteiger partial charge in [0.1, 0.15) is 30.2 Å². The van der Waals surface area contributed by atoms with Crippen molar-refractivity contribution in [1.29, 1.82) is 5.26 Å². The molecule has 0 saturated carbocycles. The number of nitrogens with zero attached hydrogens (tertiary/aromatic N) is 3. The van der Waals surface area contributed by atoms with Gasteiger partial charge in [-0.25, -0.2) is 22.4 Å². The number of halogens is 4. The van der Waals surface area contributed by atoms with Crippen molar-refractivity contribution in [3.63, 3.8) is 0 Å². The largest absolute Gasteiger partial charge is 0.475 e. The van der Waals surface area contributed by atoms with Crippen LogP contribution in [0.1, 0.15) is 32.3 Å². The molecule has 9 nitrogen and oxygen atoms in total. The second-order valence-corrected chi connectivity index (χ2v) is 10.4. The van der Waals surface area contributed by atoms with E-state index in [0.717, 1.165) is 4.90 Å². The Balaban J connectivity index is 1.63. The zero-order valence-corrected chi connectivity index (χ0v) is 21.6. The smallest absolute Gasteiger partial charge is 0.447 e. The molecule has 0 radical (unpaired) electrons. The van der Waals surface area contributed by atoms with Crippen LogP contribution in [0.15, 0.2) is 35.9 Å². The Labute approximate surface area is 224 Å². The Hall–Kier alpha value is -3.15. The summed E-state index contributed by atoms with van der Waals surface area (Å²) >= 11 is 0. The first-order valence-corrected chi connectivity index (χ1v) is 12.5. The number of amides is 2. The molecular formula is C25H31BF4N4O5. The van der Waals surface area contributed by atoms with Gasteiger partial charge in [0.2, 0.25) is 0 Å². The second-order valence-electron chi connectivity index (χ2n) is 10.4. The number of carbonyl (C=O) groups is 2. The van der Waals surface area contributed by atoms with Gasteiger partial charge in [0.25, 0.3) is 11.8 Å². The van der Waals surface area contributed by atoms with E-state index in [1.54, 1.807) is 19.9 Å². The Morgan fingerprint density at radius 2 is 2.00 bits per heavy atom. The van der Waals surface area contributed by atoms with Gasteiger partial charge in [0.15, 0.2) is 0 Å². The Kier molecular flexibility index (Phi) is 9.63. The highest BCUT2D eigenvalue weighted by Crippen LogP contribution is 2.33. The van der Waals surface area contributed by atoms with Gasteiger partial charge in [-0.15, -0.1) is 0 Å². The molecular weight excluding hydrogens is 523 g/mol. The van der Waals surface area contributed by atoms with Gasteiger partial charge in [-0.1, -0.05) is 12.1 Å². The maximum absolute atomic E-state index is 14.3. The van der Waals surface area contributed by atoms with Crippen molar-refractivity contribution in [2.24, 2.45) is 0 Å². The Bertz CT molecular complexity index is 1110. The van der Waals surface area contributed by atoms with Crippen LogP contribution >= 0.6 is 0 Å². The zero-order chi connectivity index (χ0) is 29.0. The molecule has 0 spiro atoms. The number of nitrogens with one attached hydrogen (secondary N) is 1. The average molecular weight is 554 g/mol. The molecule has 1 aromatic carbocycles. The highest BCUT2D eigenvalue weighted by Gasteiger charge is 2.44. The molecule has 2 amide bonds. The zero-order valence-electron chi connectivity index (χ0n) is 21.6. The monoisotopic (exact) mass is 554 g/mol. The molecule has 39 heavy (non-hydrogen) atoms. The van der Waals surface area contributed by atoms with E-state index in [0.29, 0.717) is 5.56 Å². The number of ether oxygens (including phenoxy) is 1. The van der Waals surface area contributed by atoms with Gasteiger partial charge in [-0.2, -0.15) is 5.26 Å². The normalized spacial score (nSPS) is 22.3. The number of nitriles is 1. The van der Waals surface area contributed by atoms with Crippen LogP contribution in [0.2, 0.25) is 0 Å². The van der Waals surface area contributed by atoms with Gasteiger partial charge in [0, 0.05) is 24.9 Å². The van der Waals surface area contributed by atoms with Crippen LogP contribution in [0, 0.1) is 17.1 Å². The van der Waals surface area contributed by atoms with Crippen LogP contribution in [-0.2, 0) is 16.0 Å². The molecule has 2 fully saturated rings. The molecule has 3 atom stereocenters. The SMILES string of the molecule is CC(C)(/C=C(\C#N)C(=O)N1C[C@@H](F)C[C@@H]1COC(=O)N[C@@H](Cc1ccc(F)cc1)B(O)O)N1CCC(F)(F)C1. The molecule has 0 bridgehead atoms. The van der Waals surface area contributed by atoms with Crippen molar-refractivity contribution in [3.8, 4) is 6.07 Å². The summed E-state index contributed by atoms with van der Waals surface area (Å²) in [6, 6.07) is 6.05. The molecule has 212 valence electrons. The summed E-state index contributed by atoms with van der Waals surface area (Å²) in [5.41, 5.74) is -0.882. The fraction of sp³-hybridized carbons (Fsp3) is 0.560. The molecule has 2 aliphatic rings. The Morgan fingerprint density at radius 3 is 2.56 bits per heavy atom. The van der Waals surface area contributed by atoms with E-state index in [2.05, 4.69) is 5.32 Å². The third-order valence-corrected chi connectivity index (χ3v) is 6.90. The first kappa shape index (κ1) is 30.4. The summed E-state index contributed by atoms with van der Waals surface area (Å²) in [4.78, 5) is 28.0. The van der Waals surface area contributed by atoms with Gasteiger partial charge in [-0.05, 0) is 44.0 Å². The van der Waals surface area contributed by atoms with Crippen LogP contribution < -0.4 is 5.32 Å². The van der Waals surface area contributed by atoms with E-state index >= 15 is 0 Å². The lowest BCUT2D eigenvalue weighted by Gasteiger charge is -2.33. The molecule has 0 aliphatic carbocycles. The maximum atomic E-state index is 14.3. The van der Waals surface area contributed by atoms with Crippen molar-refractivity contribution >= 4 is 19.1 Å². The molecule has 2 heterocycles. The maximum Gasteiger partial charge on any atom is 0.475 e. The number of hydrogen-bond donors (Lipinski definition) is 3. The number of benzene rings is 1. The van der Waals surface area contributed by atoms with E-state index < -0.39 is 67.7 Å². The van der Waals surface area contributed by atoms with Crippen LogP contribution in [0.5, 0.6) is 0 Å². The molecule has 1 aromatic rings. The van der Waals surface area contributed by atoms with E-state index in [4.69, 9.17) is 4.74 Å². The highest BCUT2D eigenvalue weighted by molar-refractivity contribution is 6.43. The predicted molar refractivity (Wildman–Crippen MR) is 132 cm³/mol. The van der Waals surface area contributed by atoms with Crippen LogP contribution in [0.4, 0.5) is 22.4 Å². The van der Waals surface area contributed by atoms with E-state index in [-0.39, 0.29) is 37.9 Å². The quantitative estimate of drug-likeness (QED) is 0.185. The minimum Gasteiger partial charge on any atom is -0.447 e. The number of hydrogen-bond acceptors (Lipinski definition) is 7. The summed E-state index contributed by atoms with van der Waals surface area (Å²) in [5, 5.41) is 31.2. The Morgan fingerprint density at radius 1 is 1.33 bits per heavy atom. The van der Waals surface area contributed by atoms with Crippen LogP contribution in [0.3, 0.4) is 0 Å². The molecule has 3 rings (SSSR count). The summed E-state index contributed by atoms with van der Waals surface area (Å²) in [6.45, 7) is 1.97. The molecule has 14 heteroatoms. The van der Waals surface area contributed by atoms with Crippen molar-refractivity contribution in [3.05, 3.63) is 47.3 Å². The van der Waals surface area contributed by atoms with E-state index in [9.17, 15) is 42.5 Å². The molecule has 0 unspecified atom stereocenters. The van der Waals surface area contributed by atoms with Gasteiger partial charge < -0.3 is 25.0 Å². The number of carbonyl (C=O) groups excluding carboxylic acids is 2. The van der Waals surface area contributed by atoms with Gasteiger partial charge in [0.05, 0.1) is 25.1 Å². The number of alkyl halides is 3. The minimum atomic E-state index is -2.87. The standard InChI is InChI=1S/C25H31BF4N4O5/c1-24(2,33-8-7-25(29,30)15-33)11-17(12-31)22(35)34-13-19(28)10-20(34)14-39-23(36)32-21(26(37)38)9-16-3-5-18(27)6-4-16/h3-6,11,19-21,37-38H,7-10,13-15H2,1-2H3,(H,32,36)/b17-11+/t19-,20+,21-/m0/s1. The van der Waals surface area contributed by atoms with Crippen LogP contribution in [-0.4, -0.2) is 94.8 Å². The predicted octanol–water partition coefficient (Wildman–Crippen LogP) is 1.98. The van der Waals surface area contributed by atoms with Crippen LogP contribution in [0.25, 0.3) is 0 Å². The fourth-order valence-electron chi connectivity index (χ4n) is 4.71. The molecule has 3 N–H and O–H groups in total. The first-order valence-electron chi connectivity index (χ1n) is 12.5. The minimum absolute atomic E-state index is 0.0529. The summed E-state index contributed by atoms with van der Waals surface area (Å²) < 4.78 is 59.9. The van der Waals surface area contributed by atoms with Crippen molar-refractivity contribution in [2.45, 2.75) is 62.7 Å². The van der Waals surface area contributed by atoms with Gasteiger partial charge in [-0.3, -0.25) is 9.69 Å². The summed E-state index contributed by atoms with van der Waals surface area (Å²) in [6.07, 6.45) is -1.77. The lowest BCUT2D eigenvalue weighted by Crippen LogP contribution is -2.49. The van der Waals surface area contributed by atoms with Crippen molar-refractivity contribution in [2.75, 3.05) is 26.2 Å².